The largest absolute Gasteiger partial charge is 0.464 e. The number of nitrogens with one attached hydrogen (secondary N) is 1. The second-order valence-corrected chi connectivity index (χ2v) is 10.9. The molecule has 1 aromatic carbocycles. The highest BCUT2D eigenvalue weighted by molar-refractivity contribution is 5.86. The van der Waals surface area contributed by atoms with E-state index >= 15 is 0 Å². The number of amides is 1. The number of hydrogen-bond donors (Lipinski definition) is 1. The van der Waals surface area contributed by atoms with Crippen molar-refractivity contribution in [3.8, 4) is 0 Å². The Hall–Kier alpha value is -2.78. The minimum atomic E-state index is -0.491. The lowest BCUT2D eigenvalue weighted by molar-refractivity contribution is -0.127. The summed E-state index contributed by atoms with van der Waals surface area (Å²) in [5.74, 6) is -0.344. The molecule has 1 aromatic heterocycles. The summed E-state index contributed by atoms with van der Waals surface area (Å²) in [5, 5.41) is 11.6. The van der Waals surface area contributed by atoms with Crippen LogP contribution in [0.5, 0.6) is 0 Å². The van der Waals surface area contributed by atoms with Crippen LogP contribution in [0.4, 0.5) is 0 Å². The fraction of sp³-hybridized carbons (Fsp3) is 0.643. The molecule has 2 aliphatic heterocycles. The Labute approximate surface area is 219 Å². The Balaban J connectivity index is 1.26. The van der Waals surface area contributed by atoms with Gasteiger partial charge in [0.05, 0.1) is 25.4 Å². The van der Waals surface area contributed by atoms with E-state index in [1.807, 2.05) is 0 Å². The van der Waals surface area contributed by atoms with E-state index in [4.69, 9.17) is 4.74 Å². The zero-order valence-corrected chi connectivity index (χ0v) is 21.9. The van der Waals surface area contributed by atoms with Gasteiger partial charge < -0.3 is 10.1 Å². The second-order valence-electron chi connectivity index (χ2n) is 10.9. The maximum atomic E-state index is 13.6. The minimum absolute atomic E-state index is 0.00172. The van der Waals surface area contributed by atoms with E-state index in [1.54, 1.807) is 10.9 Å². The number of methoxy groups -OCH3 is 1. The van der Waals surface area contributed by atoms with Crippen molar-refractivity contribution in [2.24, 2.45) is 0 Å². The van der Waals surface area contributed by atoms with Crippen LogP contribution in [-0.2, 0) is 16.1 Å². The molecule has 0 bridgehead atoms. The first kappa shape index (κ1) is 25.9. The number of benzene rings is 1. The lowest BCUT2D eigenvalue weighted by Crippen LogP contribution is -2.52. The molecule has 9 nitrogen and oxygen atoms in total. The Morgan fingerprint density at radius 3 is 2.43 bits per heavy atom. The van der Waals surface area contributed by atoms with Gasteiger partial charge in [0.15, 0.2) is 5.69 Å². The maximum absolute atomic E-state index is 13.6. The molecular formula is C28H40N6O3. The summed E-state index contributed by atoms with van der Waals surface area (Å²) in [4.78, 5) is 30.5. The van der Waals surface area contributed by atoms with Crippen LogP contribution in [-0.4, -0.2) is 81.5 Å². The van der Waals surface area contributed by atoms with E-state index in [9.17, 15) is 9.59 Å². The van der Waals surface area contributed by atoms with Crippen molar-refractivity contribution in [2.45, 2.75) is 88.5 Å². The van der Waals surface area contributed by atoms with Crippen molar-refractivity contribution >= 4 is 11.9 Å². The number of aromatic nitrogens is 3. The van der Waals surface area contributed by atoms with Gasteiger partial charge >= 0.3 is 5.97 Å². The first-order valence-electron chi connectivity index (χ1n) is 13.9. The summed E-state index contributed by atoms with van der Waals surface area (Å²) < 4.78 is 6.55. The molecule has 2 atom stereocenters. The van der Waals surface area contributed by atoms with E-state index in [0.717, 1.165) is 51.9 Å². The number of ether oxygens (including phenoxy) is 1. The third-order valence-corrected chi connectivity index (χ3v) is 8.38. The Morgan fingerprint density at radius 2 is 1.73 bits per heavy atom. The van der Waals surface area contributed by atoms with E-state index in [1.165, 1.54) is 38.4 Å². The smallest absolute Gasteiger partial charge is 0.360 e. The summed E-state index contributed by atoms with van der Waals surface area (Å²) in [5.41, 5.74) is 1.55. The van der Waals surface area contributed by atoms with E-state index in [-0.39, 0.29) is 29.7 Å². The van der Waals surface area contributed by atoms with Crippen molar-refractivity contribution in [3.05, 3.63) is 47.8 Å². The molecule has 3 aliphatic rings. The van der Waals surface area contributed by atoms with Crippen LogP contribution in [0, 0.1) is 0 Å². The third-order valence-electron chi connectivity index (χ3n) is 8.38. The Morgan fingerprint density at radius 1 is 1.00 bits per heavy atom. The SMILES string of the molecule is COC(=O)c1cn([C@H]2C[C@@H](C(=O)NC3CCCCCC3)N(C3CCN(Cc4ccccc4)CC3)C2)nn1. The number of piperidine rings is 1. The first-order chi connectivity index (χ1) is 18.1. The molecule has 0 unspecified atom stereocenters. The van der Waals surface area contributed by atoms with Crippen LogP contribution in [0.3, 0.4) is 0 Å². The predicted octanol–water partition coefficient (Wildman–Crippen LogP) is 3.18. The lowest BCUT2D eigenvalue weighted by atomic mass is 10.0. The highest BCUT2D eigenvalue weighted by Crippen LogP contribution is 2.33. The van der Waals surface area contributed by atoms with Crippen LogP contribution < -0.4 is 5.32 Å². The highest BCUT2D eigenvalue weighted by Gasteiger charge is 2.42. The zero-order valence-electron chi connectivity index (χ0n) is 21.9. The molecule has 3 fully saturated rings. The molecule has 0 radical (unpaired) electrons. The number of hydrogen-bond acceptors (Lipinski definition) is 7. The Kier molecular flexibility index (Phi) is 8.51. The molecule has 200 valence electrons. The van der Waals surface area contributed by atoms with Gasteiger partial charge in [0, 0.05) is 25.2 Å². The fourth-order valence-electron chi connectivity index (χ4n) is 6.32. The van der Waals surface area contributed by atoms with Crippen molar-refractivity contribution in [2.75, 3.05) is 26.7 Å². The van der Waals surface area contributed by atoms with Gasteiger partial charge in [0.25, 0.3) is 0 Å². The number of esters is 1. The van der Waals surface area contributed by atoms with Crippen molar-refractivity contribution in [3.63, 3.8) is 0 Å². The molecule has 37 heavy (non-hydrogen) atoms. The fourth-order valence-corrected chi connectivity index (χ4v) is 6.32. The van der Waals surface area contributed by atoms with Gasteiger partial charge in [-0.3, -0.25) is 14.6 Å². The first-order valence-corrected chi connectivity index (χ1v) is 13.9. The molecule has 2 aromatic rings. The molecule has 9 heteroatoms. The summed E-state index contributed by atoms with van der Waals surface area (Å²) >= 11 is 0. The van der Waals surface area contributed by atoms with E-state index in [2.05, 4.69) is 55.8 Å². The summed E-state index contributed by atoms with van der Waals surface area (Å²) in [6.45, 7) is 3.74. The molecule has 3 heterocycles. The van der Waals surface area contributed by atoms with Crippen LogP contribution in [0.1, 0.15) is 79.9 Å². The van der Waals surface area contributed by atoms with Crippen molar-refractivity contribution in [1.82, 2.24) is 30.1 Å². The van der Waals surface area contributed by atoms with E-state index < -0.39 is 5.97 Å². The molecule has 1 N–H and O–H groups in total. The summed E-state index contributed by atoms with van der Waals surface area (Å²) in [6, 6.07) is 11.1. The summed E-state index contributed by atoms with van der Waals surface area (Å²) in [7, 11) is 1.34. The molecule has 2 saturated heterocycles. The molecule has 0 spiro atoms. The topological polar surface area (TPSA) is 92.6 Å². The average molecular weight is 509 g/mol. The minimum Gasteiger partial charge on any atom is -0.464 e. The van der Waals surface area contributed by atoms with Crippen molar-refractivity contribution in [1.29, 1.82) is 0 Å². The third kappa shape index (κ3) is 6.38. The maximum Gasteiger partial charge on any atom is 0.360 e. The van der Waals surface area contributed by atoms with Crippen LogP contribution in [0.2, 0.25) is 0 Å². The van der Waals surface area contributed by atoms with Crippen molar-refractivity contribution < 1.29 is 14.3 Å². The number of nitrogens with zero attached hydrogens (tertiary/aromatic N) is 5. The molecule has 1 saturated carbocycles. The zero-order chi connectivity index (χ0) is 25.6. The number of carbonyl (C=O) groups excluding carboxylic acids is 2. The van der Waals surface area contributed by atoms with Gasteiger partial charge in [-0.25, -0.2) is 9.48 Å². The van der Waals surface area contributed by atoms with Crippen LogP contribution in [0.15, 0.2) is 36.5 Å². The van der Waals surface area contributed by atoms with Gasteiger partial charge in [0.2, 0.25) is 5.91 Å². The number of rotatable bonds is 7. The van der Waals surface area contributed by atoms with Gasteiger partial charge in [-0.15, -0.1) is 5.10 Å². The second kappa shape index (κ2) is 12.2. The van der Waals surface area contributed by atoms with E-state index in [0.29, 0.717) is 12.5 Å². The molecular weight excluding hydrogens is 468 g/mol. The molecule has 1 amide bonds. The predicted molar refractivity (Wildman–Crippen MR) is 140 cm³/mol. The number of likely N-dealkylation sites (tertiary alicyclic amines) is 2. The highest BCUT2D eigenvalue weighted by atomic mass is 16.5. The van der Waals surface area contributed by atoms with Crippen LogP contribution in [0.25, 0.3) is 0 Å². The normalized spacial score (nSPS) is 24.6. The van der Waals surface area contributed by atoms with Gasteiger partial charge in [-0.2, -0.15) is 0 Å². The average Bonchev–Trinajstić information content (AvgIpc) is 3.52. The number of carbonyl (C=O) groups is 2. The lowest BCUT2D eigenvalue weighted by Gasteiger charge is -2.39. The quantitative estimate of drug-likeness (QED) is 0.454. The standard InChI is InChI=1S/C28H40N6O3/c1-37-28(36)25-20-34(31-30-25)24-17-26(27(35)29-22-11-7-2-3-8-12-22)33(19-24)23-13-15-32(16-14-23)18-21-9-5-4-6-10-21/h4-6,9-10,20,22-24,26H,2-3,7-8,11-19H2,1H3,(H,29,35)/t24-,26-/m0/s1. The van der Waals surface area contributed by atoms with Crippen LogP contribution >= 0.6 is 0 Å². The molecule has 1 aliphatic carbocycles. The monoisotopic (exact) mass is 508 g/mol. The van der Waals surface area contributed by atoms with Gasteiger partial charge in [0.1, 0.15) is 0 Å². The van der Waals surface area contributed by atoms with Gasteiger partial charge in [-0.1, -0.05) is 61.2 Å². The summed E-state index contributed by atoms with van der Waals surface area (Å²) in [6.07, 6.45) is 11.5. The molecule has 5 rings (SSSR count). The Bertz CT molecular complexity index is 1030. The van der Waals surface area contributed by atoms with Gasteiger partial charge in [-0.05, 0) is 50.8 Å².